The van der Waals surface area contributed by atoms with Gasteiger partial charge in [0.1, 0.15) is 0 Å². The number of hydrogen-bond acceptors (Lipinski definition) is 3. The lowest BCUT2D eigenvalue weighted by Crippen LogP contribution is -2.38. The quantitative estimate of drug-likeness (QED) is 0.920. The smallest absolute Gasteiger partial charge is 0.0701 e. The van der Waals surface area contributed by atoms with E-state index in [9.17, 15) is 0 Å². The van der Waals surface area contributed by atoms with Crippen LogP contribution in [0.5, 0.6) is 0 Å². The maximum Gasteiger partial charge on any atom is 0.0701 e. The Kier molecular flexibility index (Phi) is 4.82. The zero-order valence-corrected chi connectivity index (χ0v) is 12.1. The second kappa shape index (κ2) is 6.15. The molecule has 1 aromatic rings. The summed E-state index contributed by atoms with van der Waals surface area (Å²) < 4.78 is 1.24. The third-order valence-electron chi connectivity index (χ3n) is 3.12. The van der Waals surface area contributed by atoms with Crippen LogP contribution < -0.4 is 5.32 Å². The summed E-state index contributed by atoms with van der Waals surface area (Å²) >= 11 is 5.31. The largest absolute Gasteiger partial charge is 0.319 e. The molecule has 0 bridgehead atoms. The van der Waals surface area contributed by atoms with Gasteiger partial charge in [-0.05, 0) is 71.8 Å². The molecule has 16 heavy (non-hydrogen) atoms. The Bertz CT molecular complexity index is 325. The Morgan fingerprint density at radius 1 is 1.62 bits per heavy atom. The first kappa shape index (κ1) is 12.6. The molecule has 1 aliphatic rings. The maximum atomic E-state index is 3.52. The van der Waals surface area contributed by atoms with E-state index in [1.807, 2.05) is 0 Å². The van der Waals surface area contributed by atoms with Gasteiger partial charge in [-0.3, -0.25) is 4.90 Å². The average Bonchev–Trinajstić information content (AvgIpc) is 2.65. The van der Waals surface area contributed by atoms with Gasteiger partial charge in [-0.25, -0.2) is 0 Å². The van der Waals surface area contributed by atoms with Crippen LogP contribution >= 0.6 is 27.3 Å². The number of hydrogen-bond donors (Lipinski definition) is 1. The summed E-state index contributed by atoms with van der Waals surface area (Å²) in [6.45, 7) is 4.77. The number of nitrogens with one attached hydrogen (secondary N) is 1. The van der Waals surface area contributed by atoms with Crippen molar-refractivity contribution in [3.63, 3.8) is 0 Å². The van der Waals surface area contributed by atoms with Gasteiger partial charge in [-0.2, -0.15) is 0 Å². The van der Waals surface area contributed by atoms with Crippen LogP contribution in [0.2, 0.25) is 0 Å². The van der Waals surface area contributed by atoms with Gasteiger partial charge in [-0.1, -0.05) is 0 Å². The van der Waals surface area contributed by atoms with E-state index in [2.05, 4.69) is 44.6 Å². The third-order valence-corrected chi connectivity index (χ3v) is 4.68. The molecule has 2 rings (SSSR count). The summed E-state index contributed by atoms with van der Waals surface area (Å²) in [6.07, 6.45) is 2.72. The topological polar surface area (TPSA) is 15.3 Å². The van der Waals surface area contributed by atoms with Crippen molar-refractivity contribution in [1.29, 1.82) is 0 Å². The summed E-state index contributed by atoms with van der Waals surface area (Å²) in [7, 11) is 2.05. The zero-order chi connectivity index (χ0) is 11.4. The lowest BCUT2D eigenvalue weighted by atomic mass is 9.98. The molecule has 0 spiro atoms. The highest BCUT2D eigenvalue weighted by Crippen LogP contribution is 2.23. The molecule has 2 heterocycles. The van der Waals surface area contributed by atoms with Crippen molar-refractivity contribution < 1.29 is 0 Å². The molecule has 1 fully saturated rings. The molecular weight excluding hydrogens is 284 g/mol. The fourth-order valence-electron chi connectivity index (χ4n) is 2.44. The minimum absolute atomic E-state index is 0.834. The molecule has 1 aliphatic heterocycles. The molecule has 0 saturated carbocycles. The van der Waals surface area contributed by atoms with E-state index < -0.39 is 0 Å². The number of halogens is 1. The molecule has 0 radical (unpaired) electrons. The summed E-state index contributed by atoms with van der Waals surface area (Å²) in [4.78, 5) is 2.58. The van der Waals surface area contributed by atoms with E-state index in [0.717, 1.165) is 19.0 Å². The molecular formula is C12H19BrN2S. The first-order valence-corrected chi connectivity index (χ1v) is 7.55. The summed E-state index contributed by atoms with van der Waals surface area (Å²) in [5.41, 5.74) is 1.45. The Morgan fingerprint density at radius 3 is 3.19 bits per heavy atom. The Hall–Kier alpha value is 0.100. The molecule has 4 heteroatoms. The lowest BCUT2D eigenvalue weighted by Gasteiger charge is -2.32. The number of thiophene rings is 1. The summed E-state index contributed by atoms with van der Waals surface area (Å²) in [5.74, 6) is 0.834. The van der Waals surface area contributed by atoms with Crippen LogP contribution in [-0.4, -0.2) is 31.6 Å². The highest BCUT2D eigenvalue weighted by Gasteiger charge is 2.19. The first-order chi connectivity index (χ1) is 7.78. The van der Waals surface area contributed by atoms with E-state index in [1.165, 1.54) is 35.3 Å². The maximum absolute atomic E-state index is 3.52. The summed E-state index contributed by atoms with van der Waals surface area (Å²) in [5, 5.41) is 5.55. The van der Waals surface area contributed by atoms with E-state index in [1.54, 1.807) is 11.3 Å². The van der Waals surface area contributed by atoms with E-state index in [-0.39, 0.29) is 0 Å². The van der Waals surface area contributed by atoms with Crippen LogP contribution in [0.3, 0.4) is 0 Å². The predicted molar refractivity (Wildman–Crippen MR) is 73.9 cm³/mol. The molecule has 1 atom stereocenters. The average molecular weight is 303 g/mol. The highest BCUT2D eigenvalue weighted by atomic mass is 79.9. The standard InChI is InChI=1S/C12H19BrN2S/c1-14-6-10-3-2-4-15(7-10)8-11-5-12(13)16-9-11/h5,9-10,14H,2-4,6-8H2,1H3. The Balaban J connectivity index is 1.85. The third kappa shape index (κ3) is 3.55. The number of likely N-dealkylation sites (tertiary alicyclic amines) is 1. The van der Waals surface area contributed by atoms with Crippen LogP contribution in [0.4, 0.5) is 0 Å². The first-order valence-electron chi connectivity index (χ1n) is 5.88. The molecule has 0 aromatic carbocycles. The molecule has 1 aromatic heterocycles. The van der Waals surface area contributed by atoms with Gasteiger partial charge in [0, 0.05) is 13.1 Å². The fourth-order valence-corrected chi connectivity index (χ4v) is 3.64. The zero-order valence-electron chi connectivity index (χ0n) is 9.71. The minimum Gasteiger partial charge on any atom is -0.319 e. The molecule has 90 valence electrons. The van der Waals surface area contributed by atoms with Crippen LogP contribution in [-0.2, 0) is 6.54 Å². The van der Waals surface area contributed by atoms with Gasteiger partial charge in [0.15, 0.2) is 0 Å². The molecule has 1 N–H and O–H groups in total. The highest BCUT2D eigenvalue weighted by molar-refractivity contribution is 9.11. The SMILES string of the molecule is CNCC1CCCN(Cc2csc(Br)c2)C1. The monoisotopic (exact) mass is 302 g/mol. The van der Waals surface area contributed by atoms with Crippen molar-refractivity contribution in [3.05, 3.63) is 20.8 Å². The molecule has 0 aliphatic carbocycles. The van der Waals surface area contributed by atoms with E-state index in [4.69, 9.17) is 0 Å². The van der Waals surface area contributed by atoms with Crippen molar-refractivity contribution in [3.8, 4) is 0 Å². The number of rotatable bonds is 4. The van der Waals surface area contributed by atoms with E-state index in [0.29, 0.717) is 0 Å². The van der Waals surface area contributed by atoms with Crippen molar-refractivity contribution in [2.24, 2.45) is 5.92 Å². The Labute approximate surface area is 110 Å². The fraction of sp³-hybridized carbons (Fsp3) is 0.667. The van der Waals surface area contributed by atoms with Crippen molar-refractivity contribution in [1.82, 2.24) is 10.2 Å². The van der Waals surface area contributed by atoms with Crippen molar-refractivity contribution in [2.45, 2.75) is 19.4 Å². The minimum atomic E-state index is 0.834. The molecule has 2 nitrogen and oxygen atoms in total. The van der Waals surface area contributed by atoms with Crippen LogP contribution in [0, 0.1) is 5.92 Å². The molecule has 1 saturated heterocycles. The lowest BCUT2D eigenvalue weighted by molar-refractivity contribution is 0.167. The van der Waals surface area contributed by atoms with Gasteiger partial charge >= 0.3 is 0 Å². The van der Waals surface area contributed by atoms with Gasteiger partial charge in [-0.15, -0.1) is 11.3 Å². The second-order valence-corrected chi connectivity index (χ2v) is 6.85. The normalized spacial score (nSPS) is 22.5. The molecule has 1 unspecified atom stereocenters. The van der Waals surface area contributed by atoms with Gasteiger partial charge in [0.05, 0.1) is 3.79 Å². The van der Waals surface area contributed by atoms with Crippen LogP contribution in [0.15, 0.2) is 15.2 Å². The Morgan fingerprint density at radius 2 is 2.50 bits per heavy atom. The summed E-state index contributed by atoms with van der Waals surface area (Å²) in [6, 6.07) is 2.24. The van der Waals surface area contributed by atoms with Crippen molar-refractivity contribution in [2.75, 3.05) is 26.7 Å². The van der Waals surface area contributed by atoms with Gasteiger partial charge < -0.3 is 5.32 Å². The number of piperidine rings is 1. The predicted octanol–water partition coefficient (Wildman–Crippen LogP) is 2.94. The van der Waals surface area contributed by atoms with Crippen LogP contribution in [0.1, 0.15) is 18.4 Å². The van der Waals surface area contributed by atoms with Gasteiger partial charge in [0.25, 0.3) is 0 Å². The number of nitrogens with zero attached hydrogens (tertiary/aromatic N) is 1. The molecule has 0 amide bonds. The van der Waals surface area contributed by atoms with E-state index >= 15 is 0 Å². The van der Waals surface area contributed by atoms with Gasteiger partial charge in [0.2, 0.25) is 0 Å². The van der Waals surface area contributed by atoms with Crippen LogP contribution in [0.25, 0.3) is 0 Å². The van der Waals surface area contributed by atoms with Crippen molar-refractivity contribution >= 4 is 27.3 Å². The second-order valence-electron chi connectivity index (χ2n) is 4.56.